The van der Waals surface area contributed by atoms with Gasteiger partial charge in [0.25, 0.3) is 0 Å². The molecule has 3 heteroatoms. The summed E-state index contributed by atoms with van der Waals surface area (Å²) in [6.45, 7) is 3.97. The predicted octanol–water partition coefficient (Wildman–Crippen LogP) is 2.30. The maximum absolute atomic E-state index is 10.2. The van der Waals surface area contributed by atoms with Crippen LogP contribution >= 0.6 is 0 Å². The highest BCUT2D eigenvalue weighted by Crippen LogP contribution is 2.51. The van der Waals surface area contributed by atoms with Crippen molar-refractivity contribution in [3.05, 3.63) is 22.8 Å². The number of hydrogen-bond acceptors (Lipinski definition) is 3. The summed E-state index contributed by atoms with van der Waals surface area (Å²) in [4.78, 5) is 0. The normalized spacial score (nSPS) is 17.1. The van der Waals surface area contributed by atoms with Crippen molar-refractivity contribution in [2.45, 2.75) is 32.3 Å². The van der Waals surface area contributed by atoms with Crippen molar-refractivity contribution in [1.82, 2.24) is 0 Å². The van der Waals surface area contributed by atoms with E-state index in [0.717, 1.165) is 41.0 Å². The van der Waals surface area contributed by atoms with E-state index in [-0.39, 0.29) is 0 Å². The lowest BCUT2D eigenvalue weighted by molar-refractivity contribution is 0.149. The number of benzene rings is 1. The fraction of sp³-hybridized carbons (Fsp3) is 0.538. The van der Waals surface area contributed by atoms with E-state index in [2.05, 4.69) is 0 Å². The molecule has 0 atom stereocenters. The summed E-state index contributed by atoms with van der Waals surface area (Å²) in [5, 5.41) is 10.2. The molecule has 2 rings (SSSR count). The molecule has 88 valence electrons. The number of aliphatic hydroxyl groups is 1. The molecule has 0 unspecified atom stereocenters. The van der Waals surface area contributed by atoms with Gasteiger partial charge in [-0.3, -0.25) is 0 Å². The van der Waals surface area contributed by atoms with Gasteiger partial charge in [-0.25, -0.2) is 0 Å². The van der Waals surface area contributed by atoms with E-state index in [1.807, 2.05) is 19.9 Å². The average Bonchev–Trinajstić information content (AvgIpc) is 2.96. The number of hydrogen-bond donors (Lipinski definition) is 1. The van der Waals surface area contributed by atoms with Gasteiger partial charge in [0, 0.05) is 5.56 Å². The highest BCUT2D eigenvalue weighted by atomic mass is 16.5. The van der Waals surface area contributed by atoms with E-state index in [4.69, 9.17) is 9.47 Å². The van der Waals surface area contributed by atoms with E-state index in [9.17, 15) is 5.11 Å². The van der Waals surface area contributed by atoms with Gasteiger partial charge in [-0.1, -0.05) is 0 Å². The molecule has 1 aliphatic carbocycles. The summed E-state index contributed by atoms with van der Waals surface area (Å²) in [7, 11) is 3.25. The van der Waals surface area contributed by atoms with Gasteiger partial charge < -0.3 is 14.6 Å². The number of aryl methyl sites for hydroxylation is 1. The van der Waals surface area contributed by atoms with Crippen molar-refractivity contribution in [2.24, 2.45) is 0 Å². The first-order valence-corrected chi connectivity index (χ1v) is 5.48. The van der Waals surface area contributed by atoms with E-state index in [0.29, 0.717) is 0 Å². The highest BCUT2D eigenvalue weighted by Gasteiger charge is 2.45. The van der Waals surface area contributed by atoms with Crippen molar-refractivity contribution in [3.63, 3.8) is 0 Å². The quantitative estimate of drug-likeness (QED) is 0.852. The minimum atomic E-state index is -0.631. The Morgan fingerprint density at radius 2 is 1.81 bits per heavy atom. The number of rotatable bonds is 3. The van der Waals surface area contributed by atoms with E-state index in [1.54, 1.807) is 14.2 Å². The maximum atomic E-state index is 10.2. The summed E-state index contributed by atoms with van der Waals surface area (Å²) in [6.07, 6.45) is 1.67. The van der Waals surface area contributed by atoms with Crippen LogP contribution in [-0.4, -0.2) is 19.3 Å². The molecule has 16 heavy (non-hydrogen) atoms. The van der Waals surface area contributed by atoms with Crippen molar-refractivity contribution in [3.8, 4) is 11.5 Å². The van der Waals surface area contributed by atoms with Gasteiger partial charge in [0.1, 0.15) is 0 Å². The summed E-state index contributed by atoms with van der Waals surface area (Å²) in [6, 6.07) is 1.93. The van der Waals surface area contributed by atoms with Gasteiger partial charge in [-0.15, -0.1) is 0 Å². The minimum Gasteiger partial charge on any atom is -0.493 e. The van der Waals surface area contributed by atoms with Crippen LogP contribution in [0.3, 0.4) is 0 Å². The van der Waals surface area contributed by atoms with Crippen LogP contribution in [0.2, 0.25) is 0 Å². The Morgan fingerprint density at radius 3 is 2.25 bits per heavy atom. The maximum Gasteiger partial charge on any atom is 0.164 e. The molecule has 1 saturated carbocycles. The molecular formula is C13H18O3. The molecule has 0 aromatic heterocycles. The van der Waals surface area contributed by atoms with Gasteiger partial charge in [0.2, 0.25) is 0 Å². The first-order chi connectivity index (χ1) is 7.53. The largest absolute Gasteiger partial charge is 0.493 e. The topological polar surface area (TPSA) is 38.7 Å². The SMILES string of the molecule is COc1cc(C)c(C2(O)CC2)c(C)c1OC. The molecule has 0 bridgehead atoms. The third-order valence-electron chi connectivity index (χ3n) is 3.29. The Bertz CT molecular complexity index is 420. The van der Waals surface area contributed by atoms with Crippen LogP contribution in [-0.2, 0) is 5.60 Å². The number of methoxy groups -OCH3 is 2. The van der Waals surface area contributed by atoms with Crippen LogP contribution < -0.4 is 9.47 Å². The molecule has 0 aliphatic heterocycles. The third-order valence-corrected chi connectivity index (χ3v) is 3.29. The zero-order chi connectivity index (χ0) is 11.9. The molecule has 1 fully saturated rings. The predicted molar refractivity (Wildman–Crippen MR) is 62.2 cm³/mol. The fourth-order valence-corrected chi connectivity index (χ4v) is 2.42. The minimum absolute atomic E-state index is 0.631. The third kappa shape index (κ3) is 1.55. The monoisotopic (exact) mass is 222 g/mol. The van der Waals surface area contributed by atoms with E-state index in [1.165, 1.54) is 0 Å². The molecule has 0 heterocycles. The smallest absolute Gasteiger partial charge is 0.164 e. The summed E-state index contributed by atoms with van der Waals surface area (Å²) >= 11 is 0. The van der Waals surface area contributed by atoms with Crippen molar-refractivity contribution >= 4 is 0 Å². The zero-order valence-electron chi connectivity index (χ0n) is 10.3. The molecule has 1 aromatic rings. The van der Waals surface area contributed by atoms with Crippen LogP contribution in [0.1, 0.15) is 29.5 Å². The summed E-state index contributed by atoms with van der Waals surface area (Å²) in [5.74, 6) is 1.45. The fourth-order valence-electron chi connectivity index (χ4n) is 2.42. The lowest BCUT2D eigenvalue weighted by atomic mass is 9.95. The molecular weight excluding hydrogens is 204 g/mol. The molecule has 1 aromatic carbocycles. The van der Waals surface area contributed by atoms with Crippen molar-refractivity contribution in [2.75, 3.05) is 14.2 Å². The molecule has 0 spiro atoms. The van der Waals surface area contributed by atoms with Crippen molar-refractivity contribution in [1.29, 1.82) is 0 Å². The van der Waals surface area contributed by atoms with Crippen LogP contribution in [0.4, 0.5) is 0 Å². The van der Waals surface area contributed by atoms with Gasteiger partial charge in [0.15, 0.2) is 11.5 Å². The Hall–Kier alpha value is -1.22. The van der Waals surface area contributed by atoms with Gasteiger partial charge >= 0.3 is 0 Å². The Balaban J connectivity index is 2.62. The lowest BCUT2D eigenvalue weighted by Crippen LogP contribution is -2.11. The van der Waals surface area contributed by atoms with Gasteiger partial charge in [-0.05, 0) is 43.9 Å². The Kier molecular flexibility index (Phi) is 2.58. The molecule has 1 aliphatic rings. The zero-order valence-corrected chi connectivity index (χ0v) is 10.3. The Morgan fingerprint density at radius 1 is 1.19 bits per heavy atom. The second-order valence-corrected chi connectivity index (χ2v) is 4.46. The summed E-state index contributed by atoms with van der Waals surface area (Å²) in [5.41, 5.74) is 2.42. The summed E-state index contributed by atoms with van der Waals surface area (Å²) < 4.78 is 10.6. The highest BCUT2D eigenvalue weighted by molar-refractivity contribution is 5.56. The number of ether oxygens (including phenoxy) is 2. The van der Waals surface area contributed by atoms with Crippen LogP contribution in [0.5, 0.6) is 11.5 Å². The first kappa shape index (κ1) is 11.3. The van der Waals surface area contributed by atoms with Crippen molar-refractivity contribution < 1.29 is 14.6 Å². The average molecular weight is 222 g/mol. The molecule has 1 N–H and O–H groups in total. The molecule has 0 amide bonds. The lowest BCUT2D eigenvalue weighted by Gasteiger charge is -2.20. The molecule has 0 radical (unpaired) electrons. The second kappa shape index (κ2) is 3.67. The van der Waals surface area contributed by atoms with Gasteiger partial charge in [0.05, 0.1) is 19.8 Å². The Labute approximate surface area is 96.0 Å². The second-order valence-electron chi connectivity index (χ2n) is 4.46. The van der Waals surface area contributed by atoms with E-state index >= 15 is 0 Å². The van der Waals surface area contributed by atoms with Crippen LogP contribution in [0.25, 0.3) is 0 Å². The standard InChI is InChI=1S/C13H18O3/c1-8-7-10(15-3)12(16-4)9(2)11(8)13(14)5-6-13/h7,14H,5-6H2,1-4H3. The molecule has 0 saturated heterocycles. The molecule has 3 nitrogen and oxygen atoms in total. The van der Waals surface area contributed by atoms with Crippen LogP contribution in [0, 0.1) is 13.8 Å². The van der Waals surface area contributed by atoms with Gasteiger partial charge in [-0.2, -0.15) is 0 Å². The van der Waals surface area contributed by atoms with Crippen LogP contribution in [0.15, 0.2) is 6.07 Å². The van der Waals surface area contributed by atoms with E-state index < -0.39 is 5.60 Å². The first-order valence-electron chi connectivity index (χ1n) is 5.48.